The summed E-state index contributed by atoms with van der Waals surface area (Å²) in [4.78, 5) is 24.6. The second-order valence-electron chi connectivity index (χ2n) is 6.51. The zero-order valence-electron chi connectivity index (χ0n) is 14.9. The van der Waals surface area contributed by atoms with E-state index in [1.54, 1.807) is 13.0 Å². The highest BCUT2D eigenvalue weighted by molar-refractivity contribution is 5.86. The Bertz CT molecular complexity index is 986. The van der Waals surface area contributed by atoms with Gasteiger partial charge in [0, 0.05) is 6.07 Å². The van der Waals surface area contributed by atoms with Crippen LogP contribution in [0.2, 0.25) is 0 Å². The summed E-state index contributed by atoms with van der Waals surface area (Å²) in [6, 6.07) is 12.5. The van der Waals surface area contributed by atoms with Crippen molar-refractivity contribution >= 4 is 17.1 Å². The maximum atomic E-state index is 12.9. The number of carbonyl (C=O) groups excluding carboxylic acids is 1. The van der Waals surface area contributed by atoms with E-state index >= 15 is 0 Å². The van der Waals surface area contributed by atoms with Crippen LogP contribution in [0.1, 0.15) is 19.4 Å². The van der Waals surface area contributed by atoms with Gasteiger partial charge in [0.05, 0.1) is 17.6 Å². The van der Waals surface area contributed by atoms with Gasteiger partial charge in [-0.1, -0.05) is 44.2 Å². The summed E-state index contributed by atoms with van der Waals surface area (Å²) in [6.45, 7) is 5.93. The third-order valence-corrected chi connectivity index (χ3v) is 3.87. The first-order valence-electron chi connectivity index (χ1n) is 8.42. The third kappa shape index (κ3) is 3.77. The molecule has 1 aromatic heterocycles. The molecule has 134 valence electrons. The largest absolute Gasteiger partial charge is 0.513 e. The van der Waals surface area contributed by atoms with Gasteiger partial charge >= 0.3 is 6.16 Å². The molecular formula is C21H20O5. The Morgan fingerprint density at radius 2 is 1.88 bits per heavy atom. The maximum absolute atomic E-state index is 12.9. The van der Waals surface area contributed by atoms with Crippen LogP contribution in [0.15, 0.2) is 57.9 Å². The lowest BCUT2D eigenvalue weighted by molar-refractivity contribution is 0.0886. The van der Waals surface area contributed by atoms with Gasteiger partial charge in [-0.3, -0.25) is 4.79 Å². The Morgan fingerprint density at radius 1 is 1.15 bits per heavy atom. The Labute approximate surface area is 151 Å². The van der Waals surface area contributed by atoms with Crippen LogP contribution in [0.25, 0.3) is 22.1 Å². The van der Waals surface area contributed by atoms with E-state index < -0.39 is 6.16 Å². The van der Waals surface area contributed by atoms with Gasteiger partial charge < -0.3 is 13.9 Å². The normalized spacial score (nSPS) is 10.9. The predicted octanol–water partition coefficient (Wildman–Crippen LogP) is 4.94. The standard InChI is InChI=1S/C21H20O5/c1-13(2)11-25-21(23)26-16-9-14(3)19-18(10-16)24-12-17(20(19)22)15-7-5-4-6-8-15/h4-10,12-13H,11H2,1-3H3. The summed E-state index contributed by atoms with van der Waals surface area (Å²) >= 11 is 0. The van der Waals surface area contributed by atoms with Gasteiger partial charge in [0.1, 0.15) is 17.6 Å². The second kappa shape index (κ2) is 7.44. The van der Waals surface area contributed by atoms with Crippen LogP contribution >= 0.6 is 0 Å². The molecule has 0 aliphatic carbocycles. The van der Waals surface area contributed by atoms with E-state index in [0.29, 0.717) is 22.1 Å². The fourth-order valence-electron chi connectivity index (χ4n) is 2.65. The first kappa shape index (κ1) is 17.7. The average molecular weight is 352 g/mol. The van der Waals surface area contributed by atoms with Crippen LogP contribution in [0.3, 0.4) is 0 Å². The summed E-state index contributed by atoms with van der Waals surface area (Å²) in [7, 11) is 0. The summed E-state index contributed by atoms with van der Waals surface area (Å²) in [5.74, 6) is 0.495. The Morgan fingerprint density at radius 3 is 2.58 bits per heavy atom. The van der Waals surface area contributed by atoms with E-state index in [-0.39, 0.29) is 23.7 Å². The van der Waals surface area contributed by atoms with Crippen molar-refractivity contribution in [1.29, 1.82) is 0 Å². The summed E-state index contributed by atoms with van der Waals surface area (Å²) < 4.78 is 15.8. The lowest BCUT2D eigenvalue weighted by Crippen LogP contribution is -2.14. The number of aryl methyl sites for hydroxylation is 1. The van der Waals surface area contributed by atoms with Gasteiger partial charge in [-0.25, -0.2) is 4.79 Å². The molecule has 0 radical (unpaired) electrons. The summed E-state index contributed by atoms with van der Waals surface area (Å²) in [5, 5.41) is 0.467. The number of carbonyl (C=O) groups is 1. The van der Waals surface area contributed by atoms with Gasteiger partial charge in [-0.15, -0.1) is 0 Å². The van der Waals surface area contributed by atoms with Crippen LogP contribution in [0.4, 0.5) is 4.79 Å². The number of fused-ring (bicyclic) bond motifs is 1. The fourth-order valence-corrected chi connectivity index (χ4v) is 2.65. The minimum Gasteiger partial charge on any atom is -0.463 e. The fraction of sp³-hybridized carbons (Fsp3) is 0.238. The molecule has 0 spiro atoms. The van der Waals surface area contributed by atoms with Crippen LogP contribution in [0.5, 0.6) is 5.75 Å². The van der Waals surface area contributed by atoms with Gasteiger partial charge in [0.2, 0.25) is 5.43 Å². The lowest BCUT2D eigenvalue weighted by Gasteiger charge is -2.10. The Hall–Kier alpha value is -3.08. The first-order chi connectivity index (χ1) is 12.5. The Kier molecular flexibility index (Phi) is 5.07. The molecule has 3 aromatic rings. The van der Waals surface area contributed by atoms with E-state index in [9.17, 15) is 9.59 Å². The molecule has 0 saturated carbocycles. The molecule has 0 saturated heterocycles. The van der Waals surface area contributed by atoms with E-state index in [4.69, 9.17) is 13.9 Å². The topological polar surface area (TPSA) is 65.7 Å². The van der Waals surface area contributed by atoms with E-state index in [1.807, 2.05) is 44.2 Å². The van der Waals surface area contributed by atoms with Crippen molar-refractivity contribution in [2.24, 2.45) is 5.92 Å². The molecule has 1 heterocycles. The molecule has 0 N–H and O–H groups in total. The molecule has 0 unspecified atom stereocenters. The minimum absolute atomic E-state index is 0.121. The van der Waals surface area contributed by atoms with Crippen molar-refractivity contribution in [3.63, 3.8) is 0 Å². The van der Waals surface area contributed by atoms with Crippen LogP contribution in [-0.4, -0.2) is 12.8 Å². The minimum atomic E-state index is -0.777. The van der Waals surface area contributed by atoms with Crippen molar-refractivity contribution in [3.05, 3.63) is 64.5 Å². The van der Waals surface area contributed by atoms with Gasteiger partial charge in [0.25, 0.3) is 0 Å². The first-order valence-corrected chi connectivity index (χ1v) is 8.42. The highest BCUT2D eigenvalue weighted by atomic mass is 16.7. The summed E-state index contributed by atoms with van der Waals surface area (Å²) in [6.07, 6.45) is 0.654. The second-order valence-corrected chi connectivity index (χ2v) is 6.51. The molecule has 0 atom stereocenters. The third-order valence-electron chi connectivity index (χ3n) is 3.87. The molecule has 2 aromatic carbocycles. The number of hydrogen-bond acceptors (Lipinski definition) is 5. The van der Waals surface area contributed by atoms with Gasteiger partial charge in [0.15, 0.2) is 0 Å². The molecule has 5 nitrogen and oxygen atoms in total. The quantitative estimate of drug-likeness (QED) is 0.491. The summed E-state index contributed by atoms with van der Waals surface area (Å²) in [5.41, 5.74) is 2.19. The zero-order chi connectivity index (χ0) is 18.7. The van der Waals surface area contributed by atoms with Crippen molar-refractivity contribution in [2.45, 2.75) is 20.8 Å². The Balaban J connectivity index is 1.95. The van der Waals surface area contributed by atoms with Gasteiger partial charge in [-0.05, 0) is 30.0 Å². The van der Waals surface area contributed by atoms with Crippen molar-refractivity contribution in [3.8, 4) is 16.9 Å². The molecule has 5 heteroatoms. The lowest BCUT2D eigenvalue weighted by atomic mass is 10.0. The zero-order valence-corrected chi connectivity index (χ0v) is 14.9. The molecule has 0 bridgehead atoms. The van der Waals surface area contributed by atoms with Crippen LogP contribution in [0, 0.1) is 12.8 Å². The molecule has 0 aliphatic rings. The van der Waals surface area contributed by atoms with Crippen molar-refractivity contribution in [1.82, 2.24) is 0 Å². The number of benzene rings is 2. The van der Waals surface area contributed by atoms with E-state index in [2.05, 4.69) is 0 Å². The van der Waals surface area contributed by atoms with E-state index in [1.165, 1.54) is 12.3 Å². The molecule has 0 fully saturated rings. The highest BCUT2D eigenvalue weighted by Crippen LogP contribution is 2.26. The maximum Gasteiger partial charge on any atom is 0.513 e. The number of rotatable bonds is 4. The molecule has 0 aliphatic heterocycles. The molecule has 3 rings (SSSR count). The predicted molar refractivity (Wildman–Crippen MR) is 99.5 cm³/mol. The number of ether oxygens (including phenoxy) is 2. The van der Waals surface area contributed by atoms with Crippen LogP contribution < -0.4 is 10.2 Å². The van der Waals surface area contributed by atoms with Crippen molar-refractivity contribution < 1.29 is 18.7 Å². The van der Waals surface area contributed by atoms with E-state index in [0.717, 1.165) is 5.56 Å². The monoisotopic (exact) mass is 352 g/mol. The van der Waals surface area contributed by atoms with Crippen LogP contribution in [-0.2, 0) is 4.74 Å². The number of hydrogen-bond donors (Lipinski definition) is 0. The SMILES string of the molecule is Cc1cc(OC(=O)OCC(C)C)cc2occ(-c3ccccc3)c(=O)c12. The smallest absolute Gasteiger partial charge is 0.463 e. The highest BCUT2D eigenvalue weighted by Gasteiger charge is 2.15. The average Bonchev–Trinajstić information content (AvgIpc) is 2.60. The molecule has 26 heavy (non-hydrogen) atoms. The van der Waals surface area contributed by atoms with Gasteiger partial charge in [-0.2, -0.15) is 0 Å². The molecule has 0 amide bonds. The molecular weight excluding hydrogens is 332 g/mol. The van der Waals surface area contributed by atoms with Crippen molar-refractivity contribution in [2.75, 3.05) is 6.61 Å².